The van der Waals surface area contributed by atoms with Crippen LogP contribution in [-0.2, 0) is 11.3 Å². The first-order valence-electron chi connectivity index (χ1n) is 8.65. The molecule has 25 heavy (non-hydrogen) atoms. The Morgan fingerprint density at radius 1 is 1.32 bits per heavy atom. The number of fused-ring (bicyclic) bond motifs is 1. The van der Waals surface area contributed by atoms with Crippen LogP contribution < -0.4 is 10.6 Å². The van der Waals surface area contributed by atoms with Crippen molar-refractivity contribution in [2.24, 2.45) is 0 Å². The smallest absolute Gasteiger partial charge is 0.150 e. The molecule has 2 aromatic rings. The van der Waals surface area contributed by atoms with E-state index in [0.29, 0.717) is 11.9 Å². The molecule has 0 radical (unpaired) electrons. The second-order valence-electron chi connectivity index (χ2n) is 6.22. The third-order valence-corrected chi connectivity index (χ3v) is 4.48. The first-order valence-corrected chi connectivity index (χ1v) is 8.65. The Kier molecular flexibility index (Phi) is 4.47. The maximum Gasteiger partial charge on any atom is 0.150 e. The third kappa shape index (κ3) is 3.56. The third-order valence-electron chi connectivity index (χ3n) is 4.48. The second-order valence-corrected chi connectivity index (χ2v) is 6.22. The van der Waals surface area contributed by atoms with Crippen LogP contribution in [0.1, 0.15) is 24.5 Å². The molecule has 2 aliphatic rings. The predicted molar refractivity (Wildman–Crippen MR) is 97.5 cm³/mol. The summed E-state index contributed by atoms with van der Waals surface area (Å²) in [4.78, 5) is 15.4. The number of anilines is 3. The molecule has 0 aromatic carbocycles. The SMILES string of the molecule is CCN1C=Cc2cc(Nc3cnccn3)nc(N[C@H]3CCOC3)c2C1. The maximum atomic E-state index is 5.49. The largest absolute Gasteiger partial charge is 0.379 e. The molecule has 2 aromatic heterocycles. The van der Waals surface area contributed by atoms with Crippen molar-refractivity contribution in [1.29, 1.82) is 0 Å². The second kappa shape index (κ2) is 7.06. The summed E-state index contributed by atoms with van der Waals surface area (Å²) in [5, 5.41) is 6.81. The summed E-state index contributed by atoms with van der Waals surface area (Å²) in [5.74, 6) is 2.36. The summed E-state index contributed by atoms with van der Waals surface area (Å²) in [5.41, 5.74) is 2.40. The van der Waals surface area contributed by atoms with Crippen LogP contribution in [0.2, 0.25) is 0 Å². The highest BCUT2D eigenvalue weighted by molar-refractivity contribution is 5.69. The topological polar surface area (TPSA) is 75.2 Å². The predicted octanol–water partition coefficient (Wildman–Crippen LogP) is 2.62. The van der Waals surface area contributed by atoms with Gasteiger partial charge in [-0.25, -0.2) is 9.97 Å². The Bertz CT molecular complexity index is 758. The average Bonchev–Trinajstić information content (AvgIpc) is 3.15. The van der Waals surface area contributed by atoms with Crippen molar-refractivity contribution in [3.8, 4) is 0 Å². The molecule has 130 valence electrons. The van der Waals surface area contributed by atoms with E-state index in [9.17, 15) is 0 Å². The summed E-state index contributed by atoms with van der Waals surface area (Å²) >= 11 is 0. The lowest BCUT2D eigenvalue weighted by molar-refractivity contribution is 0.195. The van der Waals surface area contributed by atoms with Crippen molar-refractivity contribution in [2.75, 3.05) is 30.4 Å². The van der Waals surface area contributed by atoms with Crippen molar-refractivity contribution in [3.05, 3.63) is 42.0 Å². The highest BCUT2D eigenvalue weighted by atomic mass is 16.5. The highest BCUT2D eigenvalue weighted by Gasteiger charge is 2.21. The van der Waals surface area contributed by atoms with Crippen molar-refractivity contribution >= 4 is 23.5 Å². The number of hydrogen-bond acceptors (Lipinski definition) is 7. The van der Waals surface area contributed by atoms with Gasteiger partial charge in [-0.15, -0.1) is 0 Å². The number of nitrogens with zero attached hydrogens (tertiary/aromatic N) is 4. The van der Waals surface area contributed by atoms with E-state index in [4.69, 9.17) is 9.72 Å². The Morgan fingerprint density at radius 2 is 2.28 bits per heavy atom. The minimum Gasteiger partial charge on any atom is -0.379 e. The summed E-state index contributed by atoms with van der Waals surface area (Å²) in [6.07, 6.45) is 10.3. The van der Waals surface area contributed by atoms with Crippen LogP contribution in [0.4, 0.5) is 17.5 Å². The van der Waals surface area contributed by atoms with Crippen LogP contribution in [0.25, 0.3) is 6.08 Å². The van der Waals surface area contributed by atoms with Gasteiger partial charge in [0.05, 0.1) is 18.8 Å². The highest BCUT2D eigenvalue weighted by Crippen LogP contribution is 2.30. The Labute approximate surface area is 147 Å². The summed E-state index contributed by atoms with van der Waals surface area (Å²) in [7, 11) is 0. The van der Waals surface area contributed by atoms with Gasteiger partial charge in [-0.2, -0.15) is 0 Å². The zero-order valence-electron chi connectivity index (χ0n) is 14.3. The maximum absolute atomic E-state index is 5.49. The molecule has 4 heterocycles. The van der Waals surface area contributed by atoms with Crippen LogP contribution in [0.15, 0.2) is 30.9 Å². The molecular formula is C18H22N6O. The number of ether oxygens (including phenoxy) is 1. The Hall–Kier alpha value is -2.67. The minimum atomic E-state index is 0.310. The van der Waals surface area contributed by atoms with Gasteiger partial charge in [0.1, 0.15) is 17.5 Å². The van der Waals surface area contributed by atoms with Gasteiger partial charge < -0.3 is 20.3 Å². The van der Waals surface area contributed by atoms with Crippen LogP contribution in [-0.4, -0.2) is 45.7 Å². The van der Waals surface area contributed by atoms with E-state index < -0.39 is 0 Å². The molecule has 7 nitrogen and oxygen atoms in total. The van der Waals surface area contributed by atoms with Gasteiger partial charge in [0.15, 0.2) is 0 Å². The van der Waals surface area contributed by atoms with Gasteiger partial charge in [-0.3, -0.25) is 4.98 Å². The Morgan fingerprint density at radius 3 is 3.04 bits per heavy atom. The number of aromatic nitrogens is 3. The van der Waals surface area contributed by atoms with Gasteiger partial charge in [0, 0.05) is 37.7 Å². The van der Waals surface area contributed by atoms with Crippen LogP contribution in [0, 0.1) is 0 Å². The molecule has 0 bridgehead atoms. The molecule has 0 unspecified atom stereocenters. The first-order chi connectivity index (χ1) is 12.3. The van der Waals surface area contributed by atoms with Crippen molar-refractivity contribution in [2.45, 2.75) is 25.9 Å². The monoisotopic (exact) mass is 338 g/mol. The van der Waals surface area contributed by atoms with Crippen molar-refractivity contribution < 1.29 is 4.74 Å². The van der Waals surface area contributed by atoms with Gasteiger partial charge >= 0.3 is 0 Å². The molecule has 0 spiro atoms. The van der Waals surface area contributed by atoms with E-state index in [-0.39, 0.29) is 0 Å². The zero-order chi connectivity index (χ0) is 17.1. The molecule has 1 atom stereocenters. The standard InChI is InChI=1S/C18H22N6O/c1-2-24-7-3-13-9-16(22-17-10-19-5-6-20-17)23-18(15(13)11-24)21-14-4-8-25-12-14/h3,5-7,9-10,14H,2,4,8,11-12H2,1H3,(H2,20,21,22,23)/t14-/m0/s1. The van der Waals surface area contributed by atoms with Crippen molar-refractivity contribution in [3.63, 3.8) is 0 Å². The van der Waals surface area contributed by atoms with E-state index in [1.807, 2.05) is 0 Å². The number of hydrogen-bond donors (Lipinski definition) is 2. The average molecular weight is 338 g/mol. The van der Waals surface area contributed by atoms with E-state index in [1.54, 1.807) is 18.6 Å². The lowest BCUT2D eigenvalue weighted by Gasteiger charge is -2.27. The van der Waals surface area contributed by atoms with Crippen LogP contribution >= 0.6 is 0 Å². The lowest BCUT2D eigenvalue weighted by Crippen LogP contribution is -2.25. The summed E-state index contributed by atoms with van der Waals surface area (Å²) in [6.45, 7) is 5.52. The van der Waals surface area contributed by atoms with Gasteiger partial charge in [0.25, 0.3) is 0 Å². The molecule has 0 aliphatic carbocycles. The zero-order valence-corrected chi connectivity index (χ0v) is 14.3. The molecule has 4 rings (SSSR count). The molecule has 7 heteroatoms. The molecule has 2 N–H and O–H groups in total. The van der Waals surface area contributed by atoms with E-state index in [0.717, 1.165) is 44.4 Å². The molecule has 1 saturated heterocycles. The Balaban J connectivity index is 1.66. The fourth-order valence-corrected chi connectivity index (χ4v) is 3.08. The molecular weight excluding hydrogens is 316 g/mol. The normalized spacial score (nSPS) is 18.9. The fraction of sp³-hybridized carbons (Fsp3) is 0.389. The van der Waals surface area contributed by atoms with Gasteiger partial charge in [-0.1, -0.05) is 0 Å². The van der Waals surface area contributed by atoms with Crippen molar-refractivity contribution in [1.82, 2.24) is 19.9 Å². The molecule has 0 saturated carbocycles. The summed E-state index contributed by atoms with van der Waals surface area (Å²) < 4.78 is 5.49. The minimum absolute atomic E-state index is 0.310. The number of pyridine rings is 1. The van der Waals surface area contributed by atoms with Crippen LogP contribution in [0.3, 0.4) is 0 Å². The molecule has 2 aliphatic heterocycles. The quantitative estimate of drug-likeness (QED) is 0.868. The van der Waals surface area contributed by atoms with Gasteiger partial charge in [0.2, 0.25) is 0 Å². The van der Waals surface area contributed by atoms with Crippen LogP contribution in [0.5, 0.6) is 0 Å². The number of nitrogens with one attached hydrogen (secondary N) is 2. The van der Waals surface area contributed by atoms with E-state index >= 15 is 0 Å². The fourth-order valence-electron chi connectivity index (χ4n) is 3.08. The van der Waals surface area contributed by atoms with E-state index in [1.165, 1.54) is 11.1 Å². The number of rotatable bonds is 5. The lowest BCUT2D eigenvalue weighted by atomic mass is 10.0. The first kappa shape index (κ1) is 15.8. The summed E-state index contributed by atoms with van der Waals surface area (Å²) in [6, 6.07) is 2.37. The van der Waals surface area contributed by atoms with E-state index in [2.05, 4.69) is 50.8 Å². The molecule has 0 amide bonds. The molecule has 1 fully saturated rings. The van der Waals surface area contributed by atoms with Gasteiger partial charge in [-0.05, 0) is 37.3 Å².